The Labute approximate surface area is 211 Å². The minimum absolute atomic E-state index is 0.0203. The van der Waals surface area contributed by atoms with Crippen LogP contribution in [0.5, 0.6) is 11.5 Å². The van der Waals surface area contributed by atoms with Gasteiger partial charge in [-0.2, -0.15) is 0 Å². The summed E-state index contributed by atoms with van der Waals surface area (Å²) in [5.74, 6) is -0.0867. The van der Waals surface area contributed by atoms with Crippen LogP contribution in [0.3, 0.4) is 0 Å². The molecule has 0 bridgehead atoms. The third-order valence-corrected chi connectivity index (χ3v) is 5.84. The number of rotatable bonds is 9. The number of Topliss-reactive ketones (excluding diaryl/α,β-unsaturated/α-hetero) is 1. The first-order valence-corrected chi connectivity index (χ1v) is 12.0. The standard InChI is InChI=1S/C29H30N2O5/c1-4-35-24-10-6-5-9-23(24)26-25(27(32)21-11-13-22(14-12-21)36-18-19(2)3)28(33)29(34)31(26)17-20-8-7-15-30-16-20/h5-16,19,26,32H,4,17-18H2,1-3H3/b27-25+/t26-/m1/s1. The highest BCUT2D eigenvalue weighted by Crippen LogP contribution is 2.43. The van der Waals surface area contributed by atoms with Gasteiger partial charge in [0.2, 0.25) is 0 Å². The summed E-state index contributed by atoms with van der Waals surface area (Å²) in [5.41, 5.74) is 1.84. The minimum atomic E-state index is -0.829. The zero-order valence-corrected chi connectivity index (χ0v) is 20.7. The fourth-order valence-corrected chi connectivity index (χ4v) is 4.18. The maximum atomic E-state index is 13.3. The summed E-state index contributed by atoms with van der Waals surface area (Å²) in [5, 5.41) is 11.3. The third kappa shape index (κ3) is 5.25. The first kappa shape index (κ1) is 25.0. The topological polar surface area (TPSA) is 89.0 Å². The maximum Gasteiger partial charge on any atom is 0.295 e. The predicted octanol–water partition coefficient (Wildman–Crippen LogP) is 5.14. The predicted molar refractivity (Wildman–Crippen MR) is 136 cm³/mol. The van der Waals surface area contributed by atoms with Gasteiger partial charge in [0, 0.05) is 30.1 Å². The number of likely N-dealkylation sites (tertiary alicyclic amines) is 1. The maximum absolute atomic E-state index is 13.3. The largest absolute Gasteiger partial charge is 0.507 e. The van der Waals surface area contributed by atoms with Gasteiger partial charge in [-0.05, 0) is 54.8 Å². The smallest absolute Gasteiger partial charge is 0.295 e. The van der Waals surface area contributed by atoms with E-state index in [-0.39, 0.29) is 17.9 Å². The van der Waals surface area contributed by atoms with Crippen molar-refractivity contribution in [2.24, 2.45) is 5.92 Å². The van der Waals surface area contributed by atoms with Crippen LogP contribution in [0.15, 0.2) is 78.6 Å². The van der Waals surface area contributed by atoms with Crippen molar-refractivity contribution in [1.82, 2.24) is 9.88 Å². The van der Waals surface area contributed by atoms with Gasteiger partial charge in [-0.15, -0.1) is 0 Å². The molecule has 1 aliphatic heterocycles. The number of benzene rings is 2. The number of ketones is 1. The highest BCUT2D eigenvalue weighted by atomic mass is 16.5. The Hall–Kier alpha value is -4.13. The van der Waals surface area contributed by atoms with E-state index in [1.807, 2.05) is 31.2 Å². The van der Waals surface area contributed by atoms with Crippen LogP contribution in [0.25, 0.3) is 5.76 Å². The zero-order valence-electron chi connectivity index (χ0n) is 20.7. The highest BCUT2D eigenvalue weighted by molar-refractivity contribution is 6.46. The van der Waals surface area contributed by atoms with E-state index in [1.54, 1.807) is 48.8 Å². The molecule has 1 N–H and O–H groups in total. The fraction of sp³-hybridized carbons (Fsp3) is 0.276. The molecule has 1 saturated heterocycles. The summed E-state index contributed by atoms with van der Waals surface area (Å²) in [6.07, 6.45) is 3.30. The number of ether oxygens (including phenoxy) is 2. The molecular formula is C29H30N2O5. The van der Waals surface area contributed by atoms with Crippen LogP contribution in [-0.2, 0) is 16.1 Å². The van der Waals surface area contributed by atoms with Crippen molar-refractivity contribution in [3.63, 3.8) is 0 Å². The number of para-hydroxylation sites is 1. The SMILES string of the molecule is CCOc1ccccc1[C@@H]1/C(=C(\O)c2ccc(OCC(C)C)cc2)C(=O)C(=O)N1Cc1cccnc1. The number of hydrogen-bond acceptors (Lipinski definition) is 6. The second-order valence-electron chi connectivity index (χ2n) is 8.99. The number of pyridine rings is 1. The van der Waals surface area contributed by atoms with Crippen LogP contribution >= 0.6 is 0 Å². The van der Waals surface area contributed by atoms with E-state index >= 15 is 0 Å². The Morgan fingerprint density at radius 2 is 1.78 bits per heavy atom. The van der Waals surface area contributed by atoms with E-state index in [2.05, 4.69) is 18.8 Å². The number of aliphatic hydroxyl groups is 1. The Balaban J connectivity index is 1.80. The molecule has 2 aromatic carbocycles. The average Bonchev–Trinajstić information content (AvgIpc) is 3.13. The number of aliphatic hydroxyl groups excluding tert-OH is 1. The van der Waals surface area contributed by atoms with Crippen molar-refractivity contribution in [3.8, 4) is 11.5 Å². The second-order valence-corrected chi connectivity index (χ2v) is 8.99. The van der Waals surface area contributed by atoms with E-state index in [1.165, 1.54) is 4.90 Å². The quantitative estimate of drug-likeness (QED) is 0.256. The average molecular weight is 487 g/mol. The van der Waals surface area contributed by atoms with Gasteiger partial charge >= 0.3 is 0 Å². The molecule has 1 amide bonds. The van der Waals surface area contributed by atoms with Gasteiger partial charge in [-0.3, -0.25) is 14.6 Å². The fourth-order valence-electron chi connectivity index (χ4n) is 4.18. The Morgan fingerprint density at radius 1 is 1.03 bits per heavy atom. The van der Waals surface area contributed by atoms with Gasteiger partial charge in [-0.1, -0.05) is 38.1 Å². The Morgan fingerprint density at radius 3 is 2.44 bits per heavy atom. The highest BCUT2D eigenvalue weighted by Gasteiger charge is 2.47. The zero-order chi connectivity index (χ0) is 25.7. The molecular weight excluding hydrogens is 456 g/mol. The first-order chi connectivity index (χ1) is 17.4. The van der Waals surface area contributed by atoms with Crippen LogP contribution in [-0.4, -0.2) is 39.9 Å². The lowest BCUT2D eigenvalue weighted by atomic mass is 9.94. The molecule has 2 heterocycles. The molecule has 1 aliphatic rings. The Bertz CT molecular complexity index is 1250. The summed E-state index contributed by atoms with van der Waals surface area (Å²) in [4.78, 5) is 32.2. The summed E-state index contributed by atoms with van der Waals surface area (Å²) in [6.45, 7) is 7.13. The van der Waals surface area contributed by atoms with Crippen molar-refractivity contribution in [2.45, 2.75) is 33.4 Å². The normalized spacial score (nSPS) is 17.0. The third-order valence-electron chi connectivity index (χ3n) is 5.84. The van der Waals surface area contributed by atoms with Crippen LogP contribution < -0.4 is 9.47 Å². The van der Waals surface area contributed by atoms with E-state index in [9.17, 15) is 14.7 Å². The summed E-state index contributed by atoms with van der Waals surface area (Å²) in [7, 11) is 0. The van der Waals surface area contributed by atoms with E-state index < -0.39 is 17.7 Å². The number of carbonyl (C=O) groups excluding carboxylic acids is 2. The molecule has 0 saturated carbocycles. The molecule has 4 rings (SSSR count). The summed E-state index contributed by atoms with van der Waals surface area (Å²) >= 11 is 0. The lowest BCUT2D eigenvalue weighted by Crippen LogP contribution is -2.29. The van der Waals surface area contributed by atoms with Gasteiger partial charge in [0.1, 0.15) is 17.3 Å². The number of aromatic nitrogens is 1. The van der Waals surface area contributed by atoms with Crippen molar-refractivity contribution < 1.29 is 24.2 Å². The van der Waals surface area contributed by atoms with Crippen LogP contribution in [0, 0.1) is 5.92 Å². The van der Waals surface area contributed by atoms with Crippen molar-refractivity contribution >= 4 is 17.4 Å². The molecule has 0 spiro atoms. The molecule has 186 valence electrons. The van der Waals surface area contributed by atoms with E-state index in [4.69, 9.17) is 9.47 Å². The van der Waals surface area contributed by atoms with Crippen LogP contribution in [0.1, 0.15) is 43.5 Å². The Kier molecular flexibility index (Phi) is 7.68. The number of amides is 1. The van der Waals surface area contributed by atoms with Crippen LogP contribution in [0.2, 0.25) is 0 Å². The van der Waals surface area contributed by atoms with Crippen molar-refractivity contribution in [1.29, 1.82) is 0 Å². The van der Waals surface area contributed by atoms with E-state index in [0.717, 1.165) is 5.56 Å². The number of nitrogens with zero attached hydrogens (tertiary/aromatic N) is 2. The number of hydrogen-bond donors (Lipinski definition) is 1. The molecule has 1 fully saturated rings. The van der Waals surface area contributed by atoms with Gasteiger partial charge in [0.15, 0.2) is 0 Å². The molecule has 0 radical (unpaired) electrons. The van der Waals surface area contributed by atoms with Gasteiger partial charge in [0.05, 0.1) is 24.8 Å². The molecule has 1 atom stereocenters. The lowest BCUT2D eigenvalue weighted by molar-refractivity contribution is -0.140. The van der Waals surface area contributed by atoms with Gasteiger partial charge in [0.25, 0.3) is 11.7 Å². The molecule has 0 aliphatic carbocycles. The summed E-state index contributed by atoms with van der Waals surface area (Å²) in [6, 6.07) is 16.9. The minimum Gasteiger partial charge on any atom is -0.507 e. The van der Waals surface area contributed by atoms with Crippen molar-refractivity contribution in [3.05, 3.63) is 95.3 Å². The number of carbonyl (C=O) groups is 2. The van der Waals surface area contributed by atoms with Crippen molar-refractivity contribution in [2.75, 3.05) is 13.2 Å². The molecule has 36 heavy (non-hydrogen) atoms. The van der Waals surface area contributed by atoms with E-state index in [0.29, 0.717) is 41.8 Å². The molecule has 0 unspecified atom stereocenters. The summed E-state index contributed by atoms with van der Waals surface area (Å²) < 4.78 is 11.6. The molecule has 7 heteroatoms. The van der Waals surface area contributed by atoms with Gasteiger partial charge < -0.3 is 19.5 Å². The first-order valence-electron chi connectivity index (χ1n) is 12.0. The molecule has 3 aromatic rings. The molecule has 7 nitrogen and oxygen atoms in total. The second kappa shape index (κ2) is 11.1. The lowest BCUT2D eigenvalue weighted by Gasteiger charge is -2.26. The molecule has 1 aromatic heterocycles. The van der Waals surface area contributed by atoms with Crippen LogP contribution in [0.4, 0.5) is 0 Å². The van der Waals surface area contributed by atoms with Gasteiger partial charge in [-0.25, -0.2) is 0 Å². The monoisotopic (exact) mass is 486 g/mol.